The number of benzene rings is 1. The summed E-state index contributed by atoms with van der Waals surface area (Å²) in [6.45, 7) is 1.51. The van der Waals surface area contributed by atoms with E-state index in [1.807, 2.05) is 0 Å². The Kier molecular flexibility index (Phi) is 2.78. The molecule has 2 amide bonds. The van der Waals surface area contributed by atoms with E-state index in [0.29, 0.717) is 15.7 Å². The highest BCUT2D eigenvalue weighted by molar-refractivity contribution is 6.35. The van der Waals surface area contributed by atoms with Gasteiger partial charge >= 0.3 is 6.09 Å². The third-order valence-corrected chi connectivity index (χ3v) is 2.57. The van der Waals surface area contributed by atoms with Crippen LogP contribution in [0.4, 0.5) is 10.5 Å². The molecule has 0 saturated carbocycles. The molecule has 1 aliphatic rings. The van der Waals surface area contributed by atoms with Crippen LogP contribution in [0.25, 0.3) is 0 Å². The van der Waals surface area contributed by atoms with Gasteiger partial charge in [0.05, 0.1) is 5.69 Å². The second-order valence-corrected chi connectivity index (χ2v) is 4.20. The van der Waals surface area contributed by atoms with E-state index in [0.717, 1.165) is 4.90 Å². The minimum absolute atomic E-state index is 0.317. The zero-order valence-corrected chi connectivity index (χ0v) is 9.75. The second-order valence-electron chi connectivity index (χ2n) is 3.33. The van der Waals surface area contributed by atoms with Crippen LogP contribution >= 0.6 is 23.2 Å². The molecule has 0 N–H and O–H groups in total. The minimum Gasteiger partial charge on any atom is -0.436 e. The smallest absolute Gasteiger partial charge is 0.422 e. The molecular weight excluding hydrogens is 253 g/mol. The van der Waals surface area contributed by atoms with Gasteiger partial charge in [-0.1, -0.05) is 23.2 Å². The number of amides is 2. The molecule has 0 unspecified atom stereocenters. The topological polar surface area (TPSA) is 46.6 Å². The van der Waals surface area contributed by atoms with Crippen molar-refractivity contribution in [3.63, 3.8) is 0 Å². The summed E-state index contributed by atoms with van der Waals surface area (Å²) in [5, 5.41) is 0.699. The highest BCUT2D eigenvalue weighted by Crippen LogP contribution is 2.28. The molecule has 0 aromatic heterocycles. The normalized spacial score (nSPS) is 20.2. The zero-order valence-electron chi connectivity index (χ0n) is 8.24. The number of hydrogen-bond acceptors (Lipinski definition) is 3. The number of rotatable bonds is 1. The van der Waals surface area contributed by atoms with Crippen molar-refractivity contribution < 1.29 is 14.3 Å². The van der Waals surface area contributed by atoms with Gasteiger partial charge in [0.15, 0.2) is 6.10 Å². The first kappa shape index (κ1) is 11.2. The predicted octanol–water partition coefficient (Wildman–Crippen LogP) is 2.87. The summed E-state index contributed by atoms with van der Waals surface area (Å²) in [6.07, 6.45) is -1.49. The molecule has 1 aliphatic heterocycles. The van der Waals surface area contributed by atoms with Crippen LogP contribution in [0.15, 0.2) is 18.2 Å². The third-order valence-electron chi connectivity index (χ3n) is 2.13. The Morgan fingerprint density at radius 1 is 1.19 bits per heavy atom. The Balaban J connectivity index is 2.44. The van der Waals surface area contributed by atoms with E-state index in [1.165, 1.54) is 25.1 Å². The summed E-state index contributed by atoms with van der Waals surface area (Å²) in [5.74, 6) is -0.427. The number of halogens is 2. The summed E-state index contributed by atoms with van der Waals surface area (Å²) < 4.78 is 4.77. The lowest BCUT2D eigenvalue weighted by molar-refractivity contribution is -0.121. The fourth-order valence-corrected chi connectivity index (χ4v) is 1.94. The monoisotopic (exact) mass is 259 g/mol. The van der Waals surface area contributed by atoms with E-state index in [9.17, 15) is 9.59 Å². The Bertz CT molecular complexity index is 455. The van der Waals surface area contributed by atoms with Crippen LogP contribution < -0.4 is 4.90 Å². The fourth-order valence-electron chi connectivity index (χ4n) is 1.43. The molecule has 2 rings (SSSR count). The van der Waals surface area contributed by atoms with Gasteiger partial charge in [0.1, 0.15) is 0 Å². The van der Waals surface area contributed by atoms with Crippen molar-refractivity contribution in [2.45, 2.75) is 13.0 Å². The van der Waals surface area contributed by atoms with Crippen LogP contribution in [0.5, 0.6) is 0 Å². The average Bonchev–Trinajstić information content (AvgIpc) is 2.39. The molecule has 4 nitrogen and oxygen atoms in total. The van der Waals surface area contributed by atoms with E-state index in [-0.39, 0.29) is 0 Å². The standard InChI is InChI=1S/C10H7Cl2NO3/c1-5-9(14)13(10(15)16-5)8-3-6(11)2-7(12)4-8/h2-5H,1H3/t5-/m1/s1. The molecule has 6 heteroatoms. The molecule has 1 atom stereocenters. The van der Waals surface area contributed by atoms with Crippen LogP contribution in [-0.2, 0) is 9.53 Å². The molecule has 1 heterocycles. The molecule has 84 valence electrons. The average molecular weight is 260 g/mol. The summed E-state index contributed by atoms with van der Waals surface area (Å²) in [6, 6.07) is 4.47. The number of hydrogen-bond donors (Lipinski definition) is 0. The molecule has 1 aromatic rings. The van der Waals surface area contributed by atoms with E-state index in [2.05, 4.69) is 0 Å². The van der Waals surface area contributed by atoms with Crippen molar-refractivity contribution in [3.05, 3.63) is 28.2 Å². The number of anilines is 1. The van der Waals surface area contributed by atoms with Crippen LogP contribution in [0.3, 0.4) is 0 Å². The molecule has 0 bridgehead atoms. The number of ether oxygens (including phenoxy) is 1. The first-order chi connectivity index (χ1) is 7.49. The van der Waals surface area contributed by atoms with Crippen molar-refractivity contribution in [3.8, 4) is 0 Å². The lowest BCUT2D eigenvalue weighted by atomic mass is 10.2. The van der Waals surface area contributed by atoms with Crippen molar-refractivity contribution in [2.24, 2.45) is 0 Å². The maximum atomic E-state index is 11.6. The molecular formula is C10H7Cl2NO3. The van der Waals surface area contributed by atoms with Crippen LogP contribution in [0.2, 0.25) is 10.0 Å². The number of carbonyl (C=O) groups excluding carboxylic acids is 2. The number of cyclic esters (lactones) is 1. The van der Waals surface area contributed by atoms with Crippen molar-refractivity contribution in [2.75, 3.05) is 4.90 Å². The number of imide groups is 1. The third kappa shape index (κ3) is 1.86. The summed E-state index contributed by atoms with van der Waals surface area (Å²) in [5.41, 5.74) is 0.317. The molecule has 1 aromatic carbocycles. The largest absolute Gasteiger partial charge is 0.436 e. The van der Waals surface area contributed by atoms with Gasteiger partial charge in [-0.2, -0.15) is 0 Å². The van der Waals surface area contributed by atoms with Gasteiger partial charge in [-0.3, -0.25) is 4.79 Å². The molecule has 0 radical (unpaired) electrons. The Morgan fingerprint density at radius 3 is 2.19 bits per heavy atom. The first-order valence-electron chi connectivity index (χ1n) is 4.49. The van der Waals surface area contributed by atoms with Gasteiger partial charge in [0.25, 0.3) is 5.91 Å². The molecule has 0 spiro atoms. The van der Waals surface area contributed by atoms with Crippen LogP contribution in [0, 0.1) is 0 Å². The highest BCUT2D eigenvalue weighted by atomic mass is 35.5. The lowest BCUT2D eigenvalue weighted by Gasteiger charge is -2.11. The molecule has 0 aliphatic carbocycles. The van der Waals surface area contributed by atoms with E-state index in [1.54, 1.807) is 0 Å². The van der Waals surface area contributed by atoms with Crippen molar-refractivity contribution >= 4 is 40.9 Å². The molecule has 1 saturated heterocycles. The first-order valence-corrected chi connectivity index (χ1v) is 5.25. The Morgan fingerprint density at radius 2 is 1.75 bits per heavy atom. The molecule has 16 heavy (non-hydrogen) atoms. The van der Waals surface area contributed by atoms with Crippen LogP contribution in [-0.4, -0.2) is 18.1 Å². The van der Waals surface area contributed by atoms with E-state index >= 15 is 0 Å². The SMILES string of the molecule is C[C@H]1OC(=O)N(c2cc(Cl)cc(Cl)c2)C1=O. The van der Waals surface area contributed by atoms with Crippen molar-refractivity contribution in [1.82, 2.24) is 0 Å². The quantitative estimate of drug-likeness (QED) is 0.779. The maximum absolute atomic E-state index is 11.6. The van der Waals surface area contributed by atoms with Gasteiger partial charge in [-0.25, -0.2) is 9.69 Å². The number of nitrogens with zero attached hydrogens (tertiary/aromatic N) is 1. The lowest BCUT2D eigenvalue weighted by Crippen LogP contribution is -2.30. The highest BCUT2D eigenvalue weighted by Gasteiger charge is 2.38. The van der Waals surface area contributed by atoms with E-state index in [4.69, 9.17) is 27.9 Å². The van der Waals surface area contributed by atoms with Gasteiger partial charge in [0.2, 0.25) is 0 Å². The Hall–Kier alpha value is -1.26. The number of carbonyl (C=O) groups is 2. The fraction of sp³-hybridized carbons (Fsp3) is 0.200. The minimum atomic E-state index is -0.773. The molecule has 1 fully saturated rings. The second kappa shape index (κ2) is 3.96. The zero-order chi connectivity index (χ0) is 11.9. The van der Waals surface area contributed by atoms with Crippen LogP contribution in [0.1, 0.15) is 6.92 Å². The summed E-state index contributed by atoms with van der Waals surface area (Å²) in [7, 11) is 0. The van der Waals surface area contributed by atoms with Gasteiger partial charge < -0.3 is 4.74 Å². The summed E-state index contributed by atoms with van der Waals surface area (Å²) in [4.78, 5) is 24.0. The van der Waals surface area contributed by atoms with Gasteiger partial charge in [-0.15, -0.1) is 0 Å². The van der Waals surface area contributed by atoms with Gasteiger partial charge in [0, 0.05) is 10.0 Å². The summed E-state index contributed by atoms with van der Waals surface area (Å²) >= 11 is 11.6. The van der Waals surface area contributed by atoms with E-state index < -0.39 is 18.1 Å². The predicted molar refractivity (Wildman–Crippen MR) is 59.9 cm³/mol. The van der Waals surface area contributed by atoms with Crippen molar-refractivity contribution in [1.29, 1.82) is 0 Å². The Labute approximate surface area is 102 Å². The van der Waals surface area contributed by atoms with Gasteiger partial charge in [-0.05, 0) is 25.1 Å². The maximum Gasteiger partial charge on any atom is 0.422 e.